The van der Waals surface area contributed by atoms with E-state index in [9.17, 15) is 9.90 Å². The van der Waals surface area contributed by atoms with Crippen molar-refractivity contribution >= 4 is 11.8 Å². The van der Waals surface area contributed by atoms with Crippen LogP contribution in [0.2, 0.25) is 0 Å². The zero-order valence-corrected chi connectivity index (χ0v) is 15.5. The maximum atomic E-state index is 12.1. The predicted octanol–water partition coefficient (Wildman–Crippen LogP) is 2.09. The molecule has 0 spiro atoms. The Labute approximate surface area is 161 Å². The second-order valence-electron chi connectivity index (χ2n) is 7.22. The van der Waals surface area contributed by atoms with Gasteiger partial charge in [0.05, 0.1) is 25.4 Å². The molecule has 28 heavy (non-hydrogen) atoms. The number of tetrazole rings is 1. The van der Waals surface area contributed by atoms with Crippen molar-refractivity contribution in [3.05, 3.63) is 47.5 Å². The quantitative estimate of drug-likeness (QED) is 0.751. The first-order valence-corrected chi connectivity index (χ1v) is 9.14. The molecule has 2 aliphatic rings. The molecule has 8 nitrogen and oxygen atoms in total. The molecular formula is C20H19N5O3. The largest absolute Gasteiger partial charge is 0.441 e. The molecule has 3 heterocycles. The number of fused-ring (bicyclic) bond motifs is 3. The van der Waals surface area contributed by atoms with Crippen molar-refractivity contribution in [1.82, 2.24) is 20.2 Å². The second-order valence-corrected chi connectivity index (χ2v) is 7.22. The van der Waals surface area contributed by atoms with Gasteiger partial charge in [-0.05, 0) is 52.9 Å². The minimum atomic E-state index is -0.468. The van der Waals surface area contributed by atoms with Crippen LogP contribution < -0.4 is 4.90 Å². The molecule has 2 unspecified atom stereocenters. The number of aromatic nitrogens is 4. The number of hydrogen-bond donors (Lipinski definition) is 1. The minimum absolute atomic E-state index is 0.130. The average Bonchev–Trinajstić information content (AvgIpc) is 3.36. The van der Waals surface area contributed by atoms with Crippen LogP contribution in [0.15, 0.2) is 36.4 Å². The third-order valence-corrected chi connectivity index (χ3v) is 5.47. The molecule has 142 valence electrons. The van der Waals surface area contributed by atoms with Crippen LogP contribution in [0.5, 0.6) is 0 Å². The van der Waals surface area contributed by atoms with Gasteiger partial charge in [-0.1, -0.05) is 24.3 Å². The molecule has 0 radical (unpaired) electrons. The van der Waals surface area contributed by atoms with Crippen molar-refractivity contribution in [3.8, 4) is 22.5 Å². The fraction of sp³-hybridized carbons (Fsp3) is 0.300. The third-order valence-electron chi connectivity index (χ3n) is 5.47. The number of carbonyl (C=O) groups is 1. The zero-order chi connectivity index (χ0) is 19.4. The van der Waals surface area contributed by atoms with Gasteiger partial charge in [0.15, 0.2) is 0 Å². The SMILES string of the molecule is Cc1cc(-c2ccc3c(c2)CC2C(CO)OC(=O)N32)ccc1-c1nnn(C)n1. The maximum Gasteiger partial charge on any atom is 0.415 e. The molecule has 0 bridgehead atoms. The number of nitrogens with zero attached hydrogens (tertiary/aromatic N) is 5. The highest BCUT2D eigenvalue weighted by atomic mass is 16.6. The van der Waals surface area contributed by atoms with E-state index < -0.39 is 6.10 Å². The summed E-state index contributed by atoms with van der Waals surface area (Å²) in [7, 11) is 1.74. The Balaban J connectivity index is 1.48. The number of ether oxygens (including phenoxy) is 1. The van der Waals surface area contributed by atoms with Gasteiger partial charge in [-0.3, -0.25) is 4.90 Å². The molecule has 1 aromatic heterocycles. The molecule has 8 heteroatoms. The van der Waals surface area contributed by atoms with Gasteiger partial charge >= 0.3 is 6.09 Å². The van der Waals surface area contributed by atoms with E-state index in [1.165, 1.54) is 4.80 Å². The number of aliphatic hydroxyl groups excluding tert-OH is 1. The lowest BCUT2D eigenvalue weighted by molar-refractivity contribution is 0.0830. The Bertz CT molecular complexity index is 1090. The standard InChI is InChI=1S/C20H19N5O3/c1-11-7-12(3-5-15(11)19-21-23-24(2)22-19)13-4-6-16-14(8-13)9-17-18(10-26)28-20(27)25(16)17/h3-8,17-18,26H,9-10H2,1-2H3. The van der Waals surface area contributed by atoms with Crippen molar-refractivity contribution in [2.45, 2.75) is 25.5 Å². The second kappa shape index (κ2) is 6.13. The van der Waals surface area contributed by atoms with E-state index in [1.54, 1.807) is 11.9 Å². The van der Waals surface area contributed by atoms with Crippen LogP contribution in [0, 0.1) is 6.92 Å². The van der Waals surface area contributed by atoms with Gasteiger partial charge in [0.25, 0.3) is 0 Å². The topological polar surface area (TPSA) is 93.4 Å². The number of aryl methyl sites for hydroxylation is 2. The Morgan fingerprint density at radius 3 is 2.71 bits per heavy atom. The van der Waals surface area contributed by atoms with Crippen molar-refractivity contribution < 1.29 is 14.6 Å². The normalized spacial score (nSPS) is 20.2. The van der Waals surface area contributed by atoms with Crippen LogP contribution >= 0.6 is 0 Å². The van der Waals surface area contributed by atoms with E-state index in [1.807, 2.05) is 31.2 Å². The first-order chi connectivity index (χ1) is 13.5. The number of benzene rings is 2. The smallest absolute Gasteiger partial charge is 0.415 e. The summed E-state index contributed by atoms with van der Waals surface area (Å²) in [5, 5.41) is 21.7. The summed E-state index contributed by atoms with van der Waals surface area (Å²) in [4.78, 5) is 15.2. The Hall–Kier alpha value is -3.26. The Kier molecular flexibility index (Phi) is 3.70. The van der Waals surface area contributed by atoms with Crippen LogP contribution in [-0.4, -0.2) is 50.2 Å². The number of cyclic esters (lactones) is 1. The monoisotopic (exact) mass is 377 g/mol. The fourth-order valence-corrected chi connectivity index (χ4v) is 4.10. The van der Waals surface area contributed by atoms with E-state index >= 15 is 0 Å². The molecule has 1 saturated heterocycles. The Morgan fingerprint density at radius 1 is 1.21 bits per heavy atom. The number of hydrogen-bond acceptors (Lipinski definition) is 6. The highest BCUT2D eigenvalue weighted by Gasteiger charge is 2.47. The summed E-state index contributed by atoms with van der Waals surface area (Å²) in [6.45, 7) is 1.87. The van der Waals surface area contributed by atoms with E-state index in [0.717, 1.165) is 33.5 Å². The lowest BCUT2D eigenvalue weighted by Gasteiger charge is -2.14. The van der Waals surface area contributed by atoms with E-state index in [4.69, 9.17) is 4.74 Å². The lowest BCUT2D eigenvalue weighted by Crippen LogP contribution is -2.34. The van der Waals surface area contributed by atoms with Crippen molar-refractivity contribution in [2.75, 3.05) is 11.5 Å². The summed E-state index contributed by atoms with van der Waals surface area (Å²) >= 11 is 0. The van der Waals surface area contributed by atoms with Crippen molar-refractivity contribution in [1.29, 1.82) is 0 Å². The predicted molar refractivity (Wildman–Crippen MR) is 102 cm³/mol. The van der Waals surface area contributed by atoms with Crippen LogP contribution in [-0.2, 0) is 18.2 Å². The molecule has 2 atom stereocenters. The van der Waals surface area contributed by atoms with Crippen LogP contribution in [0.25, 0.3) is 22.5 Å². The Morgan fingerprint density at radius 2 is 2.00 bits per heavy atom. The van der Waals surface area contributed by atoms with Crippen LogP contribution in [0.4, 0.5) is 10.5 Å². The van der Waals surface area contributed by atoms with Gasteiger partial charge in [0, 0.05) is 5.56 Å². The van der Waals surface area contributed by atoms with Gasteiger partial charge in [-0.2, -0.15) is 4.80 Å². The van der Waals surface area contributed by atoms with Gasteiger partial charge in [0.1, 0.15) is 6.10 Å². The third kappa shape index (κ3) is 2.49. The molecule has 1 amide bonds. The number of aliphatic hydroxyl groups is 1. The van der Waals surface area contributed by atoms with Gasteiger partial charge < -0.3 is 9.84 Å². The summed E-state index contributed by atoms with van der Waals surface area (Å²) in [6.07, 6.45) is -0.169. The molecule has 5 rings (SSSR count). The highest BCUT2D eigenvalue weighted by Crippen LogP contribution is 2.40. The van der Waals surface area contributed by atoms with E-state index in [2.05, 4.69) is 27.5 Å². The molecule has 1 N–H and O–H groups in total. The van der Waals surface area contributed by atoms with Gasteiger partial charge in [-0.25, -0.2) is 4.79 Å². The highest BCUT2D eigenvalue weighted by molar-refractivity contribution is 5.94. The molecule has 2 aliphatic heterocycles. The first-order valence-electron chi connectivity index (χ1n) is 9.14. The fourth-order valence-electron chi connectivity index (χ4n) is 4.10. The first kappa shape index (κ1) is 16.9. The number of amides is 1. The number of rotatable bonds is 3. The number of anilines is 1. The van der Waals surface area contributed by atoms with Crippen molar-refractivity contribution in [2.24, 2.45) is 7.05 Å². The molecule has 0 saturated carbocycles. The number of carbonyl (C=O) groups excluding carboxylic acids is 1. The zero-order valence-electron chi connectivity index (χ0n) is 15.5. The van der Waals surface area contributed by atoms with Gasteiger partial charge in [-0.15, -0.1) is 10.2 Å². The molecule has 2 aromatic carbocycles. The lowest BCUT2D eigenvalue weighted by atomic mass is 9.97. The average molecular weight is 377 g/mol. The van der Waals surface area contributed by atoms with E-state index in [-0.39, 0.29) is 18.7 Å². The summed E-state index contributed by atoms with van der Waals surface area (Å²) in [6, 6.07) is 12.1. The molecule has 0 aliphatic carbocycles. The minimum Gasteiger partial charge on any atom is -0.441 e. The summed E-state index contributed by atoms with van der Waals surface area (Å²) in [5.41, 5.74) is 6.14. The molecular weight excluding hydrogens is 358 g/mol. The van der Waals surface area contributed by atoms with Crippen LogP contribution in [0.3, 0.4) is 0 Å². The maximum absolute atomic E-state index is 12.1. The van der Waals surface area contributed by atoms with Crippen LogP contribution in [0.1, 0.15) is 11.1 Å². The molecule has 3 aromatic rings. The summed E-state index contributed by atoms with van der Waals surface area (Å²) < 4.78 is 5.24. The van der Waals surface area contributed by atoms with Crippen molar-refractivity contribution in [3.63, 3.8) is 0 Å². The summed E-state index contributed by atoms with van der Waals surface area (Å²) in [5.74, 6) is 0.606. The van der Waals surface area contributed by atoms with Gasteiger partial charge in [0.2, 0.25) is 5.82 Å². The van der Waals surface area contributed by atoms with E-state index in [0.29, 0.717) is 12.2 Å². The molecule has 1 fully saturated rings.